The number of benzene rings is 1. The number of hydrogen-bond donors (Lipinski definition) is 1. The summed E-state index contributed by atoms with van der Waals surface area (Å²) >= 11 is 0. The number of ether oxygens (including phenoxy) is 1. The molecule has 102 valence electrons. The number of methoxy groups -OCH3 is 1. The first-order valence-electron chi connectivity index (χ1n) is 6.07. The zero-order chi connectivity index (χ0) is 13.8. The van der Waals surface area contributed by atoms with Gasteiger partial charge in [-0.3, -0.25) is 4.68 Å². The van der Waals surface area contributed by atoms with Gasteiger partial charge in [0.25, 0.3) is 0 Å². The Morgan fingerprint density at radius 3 is 2.89 bits per heavy atom. The summed E-state index contributed by atoms with van der Waals surface area (Å²) in [6.07, 6.45) is 3.56. The van der Waals surface area contributed by atoms with E-state index >= 15 is 0 Å². The van der Waals surface area contributed by atoms with Crippen molar-refractivity contribution in [2.45, 2.75) is 20.1 Å². The highest BCUT2D eigenvalue weighted by Gasteiger charge is 2.10. The molecule has 4 nitrogen and oxygen atoms in total. The highest BCUT2D eigenvalue weighted by molar-refractivity contribution is 5.66. The van der Waals surface area contributed by atoms with Crippen LogP contribution < -0.4 is 0 Å². The number of aliphatic hydroxyl groups is 1. The molecular formula is C14H17FN2O2. The fraction of sp³-hybridized carbons (Fsp3) is 0.357. The van der Waals surface area contributed by atoms with E-state index in [0.717, 1.165) is 16.7 Å². The van der Waals surface area contributed by atoms with Gasteiger partial charge in [0.05, 0.1) is 26.0 Å². The molecule has 0 aliphatic rings. The van der Waals surface area contributed by atoms with Gasteiger partial charge in [-0.2, -0.15) is 5.10 Å². The largest absolute Gasteiger partial charge is 0.392 e. The average Bonchev–Trinajstić information content (AvgIpc) is 2.87. The Bertz CT molecular complexity index is 567. The maximum Gasteiger partial charge on any atom is 0.129 e. The van der Waals surface area contributed by atoms with Crippen LogP contribution in [0.3, 0.4) is 0 Å². The summed E-state index contributed by atoms with van der Waals surface area (Å²) in [4.78, 5) is 0. The van der Waals surface area contributed by atoms with Crippen molar-refractivity contribution in [3.63, 3.8) is 0 Å². The van der Waals surface area contributed by atoms with Crippen molar-refractivity contribution in [1.82, 2.24) is 9.78 Å². The molecule has 0 amide bonds. The molecule has 0 radical (unpaired) electrons. The molecule has 0 unspecified atom stereocenters. The van der Waals surface area contributed by atoms with Gasteiger partial charge in [-0.15, -0.1) is 0 Å². The molecule has 1 N–H and O–H groups in total. The normalized spacial score (nSPS) is 10.9. The standard InChI is InChI=1S/C14H17FN2O2/c1-10-5-11(9-18)14(15)6-13(10)12-7-16-17(8-12)3-4-19-2/h5-8,18H,3-4,9H2,1-2H3. The van der Waals surface area contributed by atoms with Crippen molar-refractivity contribution in [1.29, 1.82) is 0 Å². The zero-order valence-electron chi connectivity index (χ0n) is 11.1. The predicted octanol–water partition coefficient (Wildman–Crippen LogP) is 2.14. The van der Waals surface area contributed by atoms with Crippen LogP contribution in [0.15, 0.2) is 24.5 Å². The second-order valence-corrected chi connectivity index (χ2v) is 4.40. The number of nitrogens with zero attached hydrogens (tertiary/aromatic N) is 2. The van der Waals surface area contributed by atoms with E-state index in [-0.39, 0.29) is 6.61 Å². The van der Waals surface area contributed by atoms with Crippen LogP contribution in [-0.2, 0) is 17.9 Å². The Morgan fingerprint density at radius 2 is 2.21 bits per heavy atom. The minimum absolute atomic E-state index is 0.292. The van der Waals surface area contributed by atoms with E-state index in [9.17, 15) is 4.39 Å². The molecular weight excluding hydrogens is 247 g/mol. The van der Waals surface area contributed by atoms with E-state index < -0.39 is 5.82 Å². The van der Waals surface area contributed by atoms with Gasteiger partial charge in [0.1, 0.15) is 5.82 Å². The van der Waals surface area contributed by atoms with E-state index in [0.29, 0.717) is 18.7 Å². The molecule has 0 bridgehead atoms. The molecule has 19 heavy (non-hydrogen) atoms. The highest BCUT2D eigenvalue weighted by Crippen LogP contribution is 2.26. The highest BCUT2D eigenvalue weighted by atomic mass is 19.1. The van der Waals surface area contributed by atoms with E-state index in [1.807, 2.05) is 13.1 Å². The Labute approximate surface area is 111 Å². The second-order valence-electron chi connectivity index (χ2n) is 4.40. The molecule has 1 heterocycles. The lowest BCUT2D eigenvalue weighted by atomic mass is 10.0. The number of rotatable bonds is 5. The molecule has 1 aromatic heterocycles. The molecule has 1 aromatic carbocycles. The van der Waals surface area contributed by atoms with Crippen LogP contribution in [0.25, 0.3) is 11.1 Å². The minimum atomic E-state index is -0.396. The molecule has 2 rings (SSSR count). The third-order valence-corrected chi connectivity index (χ3v) is 3.03. The van der Waals surface area contributed by atoms with Crippen molar-refractivity contribution in [2.24, 2.45) is 0 Å². The van der Waals surface area contributed by atoms with Crippen molar-refractivity contribution >= 4 is 0 Å². The zero-order valence-corrected chi connectivity index (χ0v) is 11.1. The summed E-state index contributed by atoms with van der Waals surface area (Å²) < 4.78 is 20.5. The van der Waals surface area contributed by atoms with E-state index in [1.54, 1.807) is 24.1 Å². The lowest BCUT2D eigenvalue weighted by molar-refractivity contribution is 0.183. The molecule has 0 atom stereocenters. The third kappa shape index (κ3) is 3.00. The van der Waals surface area contributed by atoms with Crippen molar-refractivity contribution in [2.75, 3.05) is 13.7 Å². The number of aryl methyl sites for hydroxylation is 1. The first-order valence-corrected chi connectivity index (χ1v) is 6.07. The quantitative estimate of drug-likeness (QED) is 0.900. The molecule has 0 saturated carbocycles. The van der Waals surface area contributed by atoms with E-state index in [4.69, 9.17) is 9.84 Å². The monoisotopic (exact) mass is 264 g/mol. The predicted molar refractivity (Wildman–Crippen MR) is 70.2 cm³/mol. The summed E-state index contributed by atoms with van der Waals surface area (Å²) in [5.41, 5.74) is 2.88. The van der Waals surface area contributed by atoms with Gasteiger partial charge in [0, 0.05) is 24.4 Å². The minimum Gasteiger partial charge on any atom is -0.392 e. The Morgan fingerprint density at radius 1 is 1.42 bits per heavy atom. The van der Waals surface area contributed by atoms with Gasteiger partial charge < -0.3 is 9.84 Å². The third-order valence-electron chi connectivity index (χ3n) is 3.03. The number of aromatic nitrogens is 2. The lowest BCUT2D eigenvalue weighted by Crippen LogP contribution is -2.03. The topological polar surface area (TPSA) is 47.3 Å². The fourth-order valence-corrected chi connectivity index (χ4v) is 1.98. The first kappa shape index (κ1) is 13.7. The number of aliphatic hydroxyl groups excluding tert-OH is 1. The fourth-order valence-electron chi connectivity index (χ4n) is 1.98. The second kappa shape index (κ2) is 5.95. The van der Waals surface area contributed by atoms with Gasteiger partial charge in [-0.05, 0) is 24.1 Å². The van der Waals surface area contributed by atoms with Crippen LogP contribution >= 0.6 is 0 Å². The van der Waals surface area contributed by atoms with Crippen molar-refractivity contribution in [3.8, 4) is 11.1 Å². The lowest BCUT2D eigenvalue weighted by Gasteiger charge is -2.07. The molecule has 0 aliphatic heterocycles. The molecule has 0 aliphatic carbocycles. The average molecular weight is 264 g/mol. The maximum atomic E-state index is 13.7. The smallest absolute Gasteiger partial charge is 0.129 e. The molecule has 0 fully saturated rings. The molecule has 5 heteroatoms. The summed E-state index contributed by atoms with van der Waals surface area (Å²) in [5.74, 6) is -0.396. The summed E-state index contributed by atoms with van der Waals surface area (Å²) in [5, 5.41) is 13.2. The van der Waals surface area contributed by atoms with Gasteiger partial charge >= 0.3 is 0 Å². The summed E-state index contributed by atoms with van der Waals surface area (Å²) in [7, 11) is 1.64. The van der Waals surface area contributed by atoms with E-state index in [2.05, 4.69) is 5.10 Å². The van der Waals surface area contributed by atoms with Gasteiger partial charge in [-0.1, -0.05) is 6.07 Å². The van der Waals surface area contributed by atoms with Gasteiger partial charge in [0.15, 0.2) is 0 Å². The molecule has 0 saturated heterocycles. The van der Waals surface area contributed by atoms with Gasteiger partial charge in [-0.25, -0.2) is 4.39 Å². The Hall–Kier alpha value is -1.72. The van der Waals surface area contributed by atoms with Crippen LogP contribution in [0, 0.1) is 12.7 Å². The van der Waals surface area contributed by atoms with Crippen molar-refractivity contribution < 1.29 is 14.2 Å². The summed E-state index contributed by atoms with van der Waals surface area (Å²) in [6, 6.07) is 3.11. The van der Waals surface area contributed by atoms with Crippen LogP contribution in [0.1, 0.15) is 11.1 Å². The molecule has 2 aromatic rings. The van der Waals surface area contributed by atoms with E-state index in [1.165, 1.54) is 6.07 Å². The van der Waals surface area contributed by atoms with Crippen LogP contribution in [0.2, 0.25) is 0 Å². The molecule has 0 spiro atoms. The van der Waals surface area contributed by atoms with Crippen molar-refractivity contribution in [3.05, 3.63) is 41.5 Å². The Balaban J connectivity index is 2.31. The van der Waals surface area contributed by atoms with Crippen LogP contribution in [-0.4, -0.2) is 28.6 Å². The maximum absolute atomic E-state index is 13.7. The van der Waals surface area contributed by atoms with Gasteiger partial charge in [0.2, 0.25) is 0 Å². The summed E-state index contributed by atoms with van der Waals surface area (Å²) in [6.45, 7) is 2.84. The Kier molecular flexibility index (Phi) is 4.29. The number of hydrogen-bond acceptors (Lipinski definition) is 3. The van der Waals surface area contributed by atoms with Crippen LogP contribution in [0.5, 0.6) is 0 Å². The van der Waals surface area contributed by atoms with Crippen LogP contribution in [0.4, 0.5) is 4.39 Å². The number of halogens is 1. The first-order chi connectivity index (χ1) is 9.15. The SMILES string of the molecule is COCCn1cc(-c2cc(F)c(CO)cc2C)cn1.